The summed E-state index contributed by atoms with van der Waals surface area (Å²) >= 11 is 6.06. The number of rotatable bonds is 5. The standard InChI is InChI=1S/C15H18ClN5O6/c1-6(22)25-4-8-10(26-7(2)23)11(24-3)14(27-8)21-5-18-9-12(16)19-15(17)20-13(9)21/h5,8,10-11,14H,4H2,1-3H3,(H2,17,19,20)/t8-,10-,11-,14-/m1/s1. The van der Waals surface area contributed by atoms with E-state index < -0.39 is 36.5 Å². The maximum atomic E-state index is 11.5. The summed E-state index contributed by atoms with van der Waals surface area (Å²) in [6, 6.07) is 0. The van der Waals surface area contributed by atoms with E-state index in [1.165, 1.54) is 27.3 Å². The van der Waals surface area contributed by atoms with E-state index in [1.54, 1.807) is 4.57 Å². The fourth-order valence-corrected chi connectivity index (χ4v) is 3.15. The molecular formula is C15H18ClN5O6. The minimum atomic E-state index is -0.816. The van der Waals surface area contributed by atoms with Crippen molar-refractivity contribution < 1.29 is 28.5 Å². The predicted molar refractivity (Wildman–Crippen MR) is 91.6 cm³/mol. The molecule has 1 aliphatic rings. The lowest BCUT2D eigenvalue weighted by molar-refractivity contribution is -0.157. The Labute approximate surface area is 158 Å². The molecular weight excluding hydrogens is 382 g/mol. The van der Waals surface area contributed by atoms with Crippen molar-refractivity contribution in [2.24, 2.45) is 0 Å². The Morgan fingerprint density at radius 1 is 1.30 bits per heavy atom. The van der Waals surface area contributed by atoms with Crippen LogP contribution in [0.15, 0.2) is 6.33 Å². The first-order chi connectivity index (χ1) is 12.8. The lowest BCUT2D eigenvalue weighted by atomic mass is 10.1. The van der Waals surface area contributed by atoms with E-state index in [9.17, 15) is 9.59 Å². The molecule has 12 heteroatoms. The van der Waals surface area contributed by atoms with Crippen molar-refractivity contribution in [1.82, 2.24) is 19.5 Å². The summed E-state index contributed by atoms with van der Waals surface area (Å²) in [5, 5.41) is 0.0937. The van der Waals surface area contributed by atoms with E-state index in [4.69, 9.17) is 36.3 Å². The molecule has 1 saturated heterocycles. The number of halogens is 1. The molecule has 3 heterocycles. The van der Waals surface area contributed by atoms with Gasteiger partial charge in [-0.05, 0) is 0 Å². The SMILES string of the molecule is CO[C@@H]1[C@H](OC(C)=O)[C@@H](COC(C)=O)O[C@H]1n1cnc2c(Cl)nc(N)nc21. The first-order valence-corrected chi connectivity index (χ1v) is 8.34. The molecule has 2 N–H and O–H groups in total. The highest BCUT2D eigenvalue weighted by atomic mass is 35.5. The molecule has 0 bridgehead atoms. The zero-order chi connectivity index (χ0) is 19.7. The first kappa shape index (κ1) is 19.3. The lowest BCUT2D eigenvalue weighted by Crippen LogP contribution is -2.39. The summed E-state index contributed by atoms with van der Waals surface area (Å²) in [5.74, 6) is -1.04. The van der Waals surface area contributed by atoms with Gasteiger partial charge in [-0.25, -0.2) is 4.98 Å². The number of nitrogen functional groups attached to an aromatic ring is 1. The fourth-order valence-electron chi connectivity index (χ4n) is 2.93. The Morgan fingerprint density at radius 2 is 2.04 bits per heavy atom. The third kappa shape index (κ3) is 3.80. The van der Waals surface area contributed by atoms with Crippen molar-refractivity contribution in [1.29, 1.82) is 0 Å². The van der Waals surface area contributed by atoms with Gasteiger partial charge in [-0.15, -0.1) is 0 Å². The van der Waals surface area contributed by atoms with Crippen LogP contribution in [0.1, 0.15) is 20.1 Å². The predicted octanol–water partition coefficient (Wildman–Crippen LogP) is 0.469. The quantitative estimate of drug-likeness (QED) is 0.556. The van der Waals surface area contributed by atoms with Crippen LogP contribution in [0.5, 0.6) is 0 Å². The molecule has 11 nitrogen and oxygen atoms in total. The number of nitrogens with zero attached hydrogens (tertiary/aromatic N) is 4. The fraction of sp³-hybridized carbons (Fsp3) is 0.533. The molecule has 3 rings (SSSR count). The van der Waals surface area contributed by atoms with E-state index >= 15 is 0 Å². The van der Waals surface area contributed by atoms with E-state index in [0.29, 0.717) is 11.2 Å². The number of aromatic nitrogens is 4. The Bertz CT molecular complexity index is 874. The summed E-state index contributed by atoms with van der Waals surface area (Å²) in [5.41, 5.74) is 6.33. The van der Waals surface area contributed by atoms with Gasteiger partial charge in [-0.3, -0.25) is 14.2 Å². The molecule has 2 aromatic heterocycles. The molecule has 0 spiro atoms. The number of esters is 2. The number of anilines is 1. The van der Waals surface area contributed by atoms with E-state index in [2.05, 4.69) is 15.0 Å². The summed E-state index contributed by atoms with van der Waals surface area (Å²) in [6.45, 7) is 2.42. The van der Waals surface area contributed by atoms with Gasteiger partial charge in [0, 0.05) is 21.0 Å². The van der Waals surface area contributed by atoms with Crippen LogP contribution in [0.4, 0.5) is 5.95 Å². The number of nitrogens with two attached hydrogens (primary N) is 1. The molecule has 4 atom stereocenters. The van der Waals surface area contributed by atoms with Gasteiger partial charge in [0.25, 0.3) is 0 Å². The maximum absolute atomic E-state index is 11.5. The first-order valence-electron chi connectivity index (χ1n) is 7.96. The summed E-state index contributed by atoms with van der Waals surface area (Å²) in [7, 11) is 1.45. The number of carbonyl (C=O) groups excluding carboxylic acids is 2. The molecule has 0 radical (unpaired) electrons. The highest BCUT2D eigenvalue weighted by molar-refractivity contribution is 6.33. The average Bonchev–Trinajstić information content (AvgIpc) is 3.13. The molecule has 0 aliphatic carbocycles. The van der Waals surface area contributed by atoms with Crippen molar-refractivity contribution in [2.45, 2.75) is 38.4 Å². The number of carbonyl (C=O) groups is 2. The lowest BCUT2D eigenvalue weighted by Gasteiger charge is -2.22. The van der Waals surface area contributed by atoms with Crippen LogP contribution < -0.4 is 5.73 Å². The van der Waals surface area contributed by atoms with Gasteiger partial charge in [-0.2, -0.15) is 9.97 Å². The minimum absolute atomic E-state index is 0.0331. The van der Waals surface area contributed by atoms with E-state index in [0.717, 1.165) is 0 Å². The van der Waals surface area contributed by atoms with E-state index in [-0.39, 0.29) is 17.7 Å². The molecule has 2 aromatic rings. The third-order valence-electron chi connectivity index (χ3n) is 3.98. The van der Waals surface area contributed by atoms with Crippen molar-refractivity contribution in [2.75, 3.05) is 19.5 Å². The summed E-state index contributed by atoms with van der Waals surface area (Å²) in [4.78, 5) is 34.9. The van der Waals surface area contributed by atoms with Crippen LogP contribution >= 0.6 is 11.6 Å². The third-order valence-corrected chi connectivity index (χ3v) is 4.24. The van der Waals surface area contributed by atoms with E-state index in [1.807, 2.05) is 0 Å². The molecule has 27 heavy (non-hydrogen) atoms. The zero-order valence-electron chi connectivity index (χ0n) is 14.8. The maximum Gasteiger partial charge on any atom is 0.303 e. The number of fused-ring (bicyclic) bond motifs is 1. The van der Waals surface area contributed by atoms with Crippen molar-refractivity contribution in [3.8, 4) is 0 Å². The molecule has 0 aromatic carbocycles. The number of imidazole rings is 1. The molecule has 0 amide bonds. The second kappa shape index (κ2) is 7.62. The topological polar surface area (TPSA) is 141 Å². The largest absolute Gasteiger partial charge is 0.463 e. The van der Waals surface area contributed by atoms with Crippen molar-refractivity contribution in [3.05, 3.63) is 11.5 Å². The van der Waals surface area contributed by atoms with Gasteiger partial charge in [0.15, 0.2) is 23.1 Å². The minimum Gasteiger partial charge on any atom is -0.463 e. The average molecular weight is 400 g/mol. The van der Waals surface area contributed by atoms with Crippen molar-refractivity contribution in [3.63, 3.8) is 0 Å². The number of hydrogen-bond acceptors (Lipinski definition) is 10. The highest BCUT2D eigenvalue weighted by Crippen LogP contribution is 2.36. The molecule has 1 aliphatic heterocycles. The number of hydrogen-bond donors (Lipinski definition) is 1. The molecule has 0 saturated carbocycles. The van der Waals surface area contributed by atoms with Gasteiger partial charge in [0.05, 0.1) is 6.33 Å². The summed E-state index contributed by atoms with van der Waals surface area (Å²) < 4.78 is 23.4. The van der Waals surface area contributed by atoms with Gasteiger partial charge >= 0.3 is 11.9 Å². The molecule has 146 valence electrons. The molecule has 1 fully saturated rings. The van der Waals surface area contributed by atoms with Gasteiger partial charge in [-0.1, -0.05) is 11.6 Å². The Hall–Kier alpha value is -2.50. The van der Waals surface area contributed by atoms with Crippen LogP contribution in [0.25, 0.3) is 11.2 Å². The zero-order valence-corrected chi connectivity index (χ0v) is 15.5. The number of methoxy groups -OCH3 is 1. The van der Waals surface area contributed by atoms with Crippen LogP contribution in [-0.4, -0.2) is 63.5 Å². The van der Waals surface area contributed by atoms with Crippen LogP contribution in [0.2, 0.25) is 5.15 Å². The van der Waals surface area contributed by atoms with Crippen LogP contribution in [-0.2, 0) is 28.5 Å². The van der Waals surface area contributed by atoms with Gasteiger partial charge < -0.3 is 24.7 Å². The normalized spacial score (nSPS) is 24.9. The van der Waals surface area contributed by atoms with Gasteiger partial charge in [0.2, 0.25) is 5.95 Å². The Kier molecular flexibility index (Phi) is 5.44. The Morgan fingerprint density at radius 3 is 2.67 bits per heavy atom. The highest BCUT2D eigenvalue weighted by Gasteiger charge is 2.49. The summed E-state index contributed by atoms with van der Waals surface area (Å²) in [6.07, 6.45) is -1.62. The second-order valence-corrected chi connectivity index (χ2v) is 6.20. The monoisotopic (exact) mass is 399 g/mol. The van der Waals surface area contributed by atoms with Gasteiger partial charge in [0.1, 0.15) is 24.3 Å². The van der Waals surface area contributed by atoms with Crippen LogP contribution in [0, 0.1) is 0 Å². The second-order valence-electron chi connectivity index (χ2n) is 5.84. The number of ether oxygens (including phenoxy) is 4. The van der Waals surface area contributed by atoms with Crippen molar-refractivity contribution >= 4 is 40.7 Å². The Balaban J connectivity index is 1.99. The molecule has 0 unspecified atom stereocenters. The van der Waals surface area contributed by atoms with Crippen LogP contribution in [0.3, 0.4) is 0 Å². The smallest absolute Gasteiger partial charge is 0.303 e.